The maximum Gasteiger partial charge on any atom is 0.259 e. The Morgan fingerprint density at radius 1 is 1.13 bits per heavy atom. The minimum absolute atomic E-state index is 0.136. The molecule has 3 rings (SSSR count). The number of nitrogen functional groups attached to an aromatic ring is 1. The smallest absolute Gasteiger partial charge is 0.259 e. The lowest BCUT2D eigenvalue weighted by Crippen LogP contribution is -2.12. The molecule has 0 aliphatic heterocycles. The molecule has 116 valence electrons. The van der Waals surface area contributed by atoms with Gasteiger partial charge < -0.3 is 20.9 Å². The van der Waals surface area contributed by atoms with Gasteiger partial charge in [-0.15, -0.1) is 0 Å². The Morgan fingerprint density at radius 3 is 2.52 bits per heavy atom. The Balaban J connectivity index is 1.95. The zero-order chi connectivity index (χ0) is 16.4. The Kier molecular flexibility index (Phi) is 3.76. The molecule has 0 saturated carbocycles. The molecule has 5 nitrogen and oxygen atoms in total. The van der Waals surface area contributed by atoms with Crippen molar-refractivity contribution in [3.63, 3.8) is 0 Å². The quantitative estimate of drug-likeness (QED) is 0.511. The summed E-state index contributed by atoms with van der Waals surface area (Å²) in [6.45, 7) is 0. The molecule has 4 N–H and O–H groups in total. The first-order valence-electron chi connectivity index (χ1n) is 7.05. The number of benzene rings is 3. The summed E-state index contributed by atoms with van der Waals surface area (Å²) in [5.41, 5.74) is 6.87. The number of carbonyl (C=O) groups is 1. The van der Waals surface area contributed by atoms with E-state index in [-0.39, 0.29) is 17.0 Å². The number of nitrogens with one attached hydrogen (secondary N) is 1. The van der Waals surface area contributed by atoms with Gasteiger partial charge in [-0.3, -0.25) is 4.79 Å². The fourth-order valence-electron chi connectivity index (χ4n) is 2.41. The van der Waals surface area contributed by atoms with Crippen LogP contribution in [0.3, 0.4) is 0 Å². The number of hydrogen-bond donors (Lipinski definition) is 3. The Morgan fingerprint density at radius 2 is 1.83 bits per heavy atom. The summed E-state index contributed by atoms with van der Waals surface area (Å²) < 4.78 is 5.07. The largest absolute Gasteiger partial charge is 0.505 e. The van der Waals surface area contributed by atoms with Gasteiger partial charge in [0.05, 0.1) is 18.4 Å². The van der Waals surface area contributed by atoms with Gasteiger partial charge in [0.1, 0.15) is 5.75 Å². The highest BCUT2D eigenvalue weighted by Gasteiger charge is 2.16. The van der Waals surface area contributed by atoms with Crippen LogP contribution in [0, 0.1) is 0 Å². The van der Waals surface area contributed by atoms with Crippen LogP contribution in [0.1, 0.15) is 10.4 Å². The van der Waals surface area contributed by atoms with Crippen LogP contribution >= 0.6 is 0 Å². The molecular formula is C18H16N2O3. The molecule has 3 aromatic carbocycles. The maximum atomic E-state index is 12.4. The third-order valence-electron chi connectivity index (χ3n) is 3.65. The minimum atomic E-state index is -0.426. The van der Waals surface area contributed by atoms with E-state index in [1.807, 2.05) is 18.2 Å². The first kappa shape index (κ1) is 14.7. The zero-order valence-electron chi connectivity index (χ0n) is 12.5. The molecule has 0 aliphatic carbocycles. The van der Waals surface area contributed by atoms with Crippen LogP contribution in [0.5, 0.6) is 11.5 Å². The van der Waals surface area contributed by atoms with Crippen LogP contribution in [0.25, 0.3) is 10.8 Å². The average molecular weight is 308 g/mol. The summed E-state index contributed by atoms with van der Waals surface area (Å²) in [5.74, 6) is 0.0561. The predicted molar refractivity (Wildman–Crippen MR) is 91.0 cm³/mol. The SMILES string of the molecule is COc1ccc(NC(=O)c2cc3ccccc3c(N)c2O)cc1. The van der Waals surface area contributed by atoms with Crippen molar-refractivity contribution in [1.29, 1.82) is 0 Å². The van der Waals surface area contributed by atoms with Crippen molar-refractivity contribution in [2.75, 3.05) is 18.2 Å². The number of hydrogen-bond acceptors (Lipinski definition) is 4. The lowest BCUT2D eigenvalue weighted by atomic mass is 10.0. The van der Waals surface area contributed by atoms with E-state index < -0.39 is 5.91 Å². The number of nitrogens with two attached hydrogens (primary N) is 1. The van der Waals surface area contributed by atoms with Crippen molar-refractivity contribution in [1.82, 2.24) is 0 Å². The molecule has 0 spiro atoms. The second kappa shape index (κ2) is 5.88. The number of ether oxygens (including phenoxy) is 1. The number of phenolic OH excluding ortho intramolecular Hbond substituents is 1. The minimum Gasteiger partial charge on any atom is -0.505 e. The normalized spacial score (nSPS) is 10.5. The van der Waals surface area contributed by atoms with Gasteiger partial charge in [0.25, 0.3) is 5.91 Å². The molecule has 0 unspecified atom stereocenters. The van der Waals surface area contributed by atoms with Crippen LogP contribution in [-0.2, 0) is 0 Å². The standard InChI is InChI=1S/C18H16N2O3/c1-23-13-8-6-12(7-9-13)20-18(22)15-10-11-4-2-3-5-14(11)16(19)17(15)21/h2-10,21H,19H2,1H3,(H,20,22). The van der Waals surface area contributed by atoms with Gasteiger partial charge in [-0.2, -0.15) is 0 Å². The number of methoxy groups -OCH3 is 1. The highest BCUT2D eigenvalue weighted by atomic mass is 16.5. The van der Waals surface area contributed by atoms with Gasteiger partial charge in [0.2, 0.25) is 0 Å². The molecule has 3 aromatic rings. The molecular weight excluding hydrogens is 292 g/mol. The third-order valence-corrected chi connectivity index (χ3v) is 3.65. The summed E-state index contributed by atoms with van der Waals surface area (Å²) >= 11 is 0. The summed E-state index contributed by atoms with van der Waals surface area (Å²) in [5, 5.41) is 14.5. The monoisotopic (exact) mass is 308 g/mol. The topological polar surface area (TPSA) is 84.6 Å². The molecule has 0 atom stereocenters. The van der Waals surface area contributed by atoms with Gasteiger partial charge in [0.15, 0.2) is 5.75 Å². The highest BCUT2D eigenvalue weighted by Crippen LogP contribution is 2.34. The highest BCUT2D eigenvalue weighted by molar-refractivity contribution is 6.11. The van der Waals surface area contributed by atoms with Gasteiger partial charge >= 0.3 is 0 Å². The van der Waals surface area contributed by atoms with E-state index in [2.05, 4.69) is 5.32 Å². The van der Waals surface area contributed by atoms with Crippen molar-refractivity contribution < 1.29 is 14.6 Å². The molecule has 0 fully saturated rings. The molecule has 0 bridgehead atoms. The third kappa shape index (κ3) is 2.76. The van der Waals surface area contributed by atoms with Crippen molar-refractivity contribution in [3.05, 3.63) is 60.2 Å². The van der Waals surface area contributed by atoms with Gasteiger partial charge in [-0.1, -0.05) is 24.3 Å². The first-order chi connectivity index (χ1) is 11.1. The first-order valence-corrected chi connectivity index (χ1v) is 7.05. The van der Waals surface area contributed by atoms with Gasteiger partial charge in [-0.25, -0.2) is 0 Å². The summed E-state index contributed by atoms with van der Waals surface area (Å²) in [6.07, 6.45) is 0. The van der Waals surface area contributed by atoms with Crippen molar-refractivity contribution >= 4 is 28.1 Å². The van der Waals surface area contributed by atoms with E-state index in [9.17, 15) is 9.90 Å². The van der Waals surface area contributed by atoms with E-state index in [1.165, 1.54) is 0 Å². The number of fused-ring (bicyclic) bond motifs is 1. The Labute approximate surface area is 133 Å². The lowest BCUT2D eigenvalue weighted by Gasteiger charge is -2.11. The van der Waals surface area contributed by atoms with Crippen LogP contribution in [0.15, 0.2) is 54.6 Å². The van der Waals surface area contributed by atoms with Crippen LogP contribution in [0.2, 0.25) is 0 Å². The molecule has 0 aliphatic rings. The van der Waals surface area contributed by atoms with E-state index >= 15 is 0 Å². The Hall–Kier alpha value is -3.21. The van der Waals surface area contributed by atoms with Crippen LogP contribution in [0.4, 0.5) is 11.4 Å². The van der Waals surface area contributed by atoms with Crippen molar-refractivity contribution in [2.24, 2.45) is 0 Å². The summed E-state index contributed by atoms with van der Waals surface area (Å²) in [4.78, 5) is 12.4. The fourth-order valence-corrected chi connectivity index (χ4v) is 2.41. The van der Waals surface area contributed by atoms with Gasteiger partial charge in [0, 0.05) is 11.1 Å². The second-order valence-corrected chi connectivity index (χ2v) is 5.09. The fraction of sp³-hybridized carbons (Fsp3) is 0.0556. The van der Waals surface area contributed by atoms with Crippen LogP contribution in [-0.4, -0.2) is 18.1 Å². The van der Waals surface area contributed by atoms with Crippen LogP contribution < -0.4 is 15.8 Å². The average Bonchev–Trinajstić information content (AvgIpc) is 2.58. The molecule has 0 radical (unpaired) electrons. The number of aromatic hydroxyl groups is 1. The van der Waals surface area contributed by atoms with Crippen molar-refractivity contribution in [2.45, 2.75) is 0 Å². The van der Waals surface area contributed by atoms with Crippen molar-refractivity contribution in [3.8, 4) is 11.5 Å². The van der Waals surface area contributed by atoms with E-state index in [1.54, 1.807) is 43.5 Å². The predicted octanol–water partition coefficient (Wildman–Crippen LogP) is 3.39. The molecule has 0 aromatic heterocycles. The lowest BCUT2D eigenvalue weighted by molar-refractivity contribution is 0.102. The number of anilines is 2. The second-order valence-electron chi connectivity index (χ2n) is 5.09. The van der Waals surface area contributed by atoms with E-state index in [0.717, 1.165) is 5.39 Å². The van der Waals surface area contributed by atoms with E-state index in [0.29, 0.717) is 16.8 Å². The zero-order valence-corrected chi connectivity index (χ0v) is 12.5. The molecule has 23 heavy (non-hydrogen) atoms. The molecule has 0 heterocycles. The number of rotatable bonds is 3. The number of amides is 1. The molecule has 0 saturated heterocycles. The van der Waals surface area contributed by atoms with E-state index in [4.69, 9.17) is 10.5 Å². The maximum absolute atomic E-state index is 12.4. The molecule has 5 heteroatoms. The number of phenols is 1. The number of carbonyl (C=O) groups excluding carboxylic acids is 1. The Bertz CT molecular complexity index is 873. The summed E-state index contributed by atoms with van der Waals surface area (Å²) in [6, 6.07) is 15.9. The summed E-state index contributed by atoms with van der Waals surface area (Å²) in [7, 11) is 1.57. The van der Waals surface area contributed by atoms with Gasteiger partial charge in [-0.05, 0) is 35.7 Å². The molecule has 1 amide bonds.